The highest BCUT2D eigenvalue weighted by Gasteiger charge is 2.24. The standard InChI is InChI=1S/C16H22ClNO3/c1-20-16(19)12-18(13-6-2-3-7-13)10-11-21-15-9-5-4-8-14(15)17/h4-5,8-9,13H,2-3,6-7,10-12H2,1H3. The van der Waals surface area contributed by atoms with E-state index < -0.39 is 0 Å². The Hall–Kier alpha value is -1.26. The van der Waals surface area contributed by atoms with Crippen molar-refractivity contribution < 1.29 is 14.3 Å². The Morgan fingerprint density at radius 3 is 2.71 bits per heavy atom. The molecule has 4 nitrogen and oxygen atoms in total. The summed E-state index contributed by atoms with van der Waals surface area (Å²) in [6.07, 6.45) is 4.74. The number of esters is 1. The number of carbonyl (C=O) groups excluding carboxylic acids is 1. The van der Waals surface area contributed by atoms with E-state index in [4.69, 9.17) is 21.1 Å². The lowest BCUT2D eigenvalue weighted by Crippen LogP contribution is -2.40. The van der Waals surface area contributed by atoms with Gasteiger partial charge in [0.05, 0.1) is 18.7 Å². The van der Waals surface area contributed by atoms with Crippen molar-refractivity contribution in [1.82, 2.24) is 4.90 Å². The zero-order chi connectivity index (χ0) is 15.1. The van der Waals surface area contributed by atoms with Crippen LogP contribution in [0.3, 0.4) is 0 Å². The largest absolute Gasteiger partial charge is 0.491 e. The molecule has 1 aromatic rings. The van der Waals surface area contributed by atoms with Gasteiger partial charge in [-0.25, -0.2) is 0 Å². The SMILES string of the molecule is COC(=O)CN(CCOc1ccccc1Cl)C1CCCC1. The van der Waals surface area contributed by atoms with Gasteiger partial charge in [-0.05, 0) is 25.0 Å². The van der Waals surface area contributed by atoms with Gasteiger partial charge >= 0.3 is 5.97 Å². The number of carbonyl (C=O) groups is 1. The van der Waals surface area contributed by atoms with E-state index >= 15 is 0 Å². The quantitative estimate of drug-likeness (QED) is 0.725. The fourth-order valence-electron chi connectivity index (χ4n) is 2.73. The molecule has 0 saturated heterocycles. The zero-order valence-electron chi connectivity index (χ0n) is 12.4. The molecule has 0 heterocycles. The maximum atomic E-state index is 11.5. The number of benzene rings is 1. The molecule has 1 aromatic carbocycles. The van der Waals surface area contributed by atoms with E-state index in [2.05, 4.69) is 4.90 Å². The smallest absolute Gasteiger partial charge is 0.319 e. The number of rotatable bonds is 7. The summed E-state index contributed by atoms with van der Waals surface area (Å²) >= 11 is 6.06. The minimum atomic E-state index is -0.195. The summed E-state index contributed by atoms with van der Waals surface area (Å²) in [7, 11) is 1.43. The Morgan fingerprint density at radius 1 is 1.33 bits per heavy atom. The van der Waals surface area contributed by atoms with Crippen LogP contribution < -0.4 is 4.74 Å². The van der Waals surface area contributed by atoms with Gasteiger partial charge in [0.15, 0.2) is 0 Å². The van der Waals surface area contributed by atoms with Crippen LogP contribution in [0.4, 0.5) is 0 Å². The lowest BCUT2D eigenvalue weighted by molar-refractivity contribution is -0.142. The summed E-state index contributed by atoms with van der Waals surface area (Å²) in [4.78, 5) is 13.7. The molecule has 21 heavy (non-hydrogen) atoms. The third-order valence-electron chi connectivity index (χ3n) is 3.87. The summed E-state index contributed by atoms with van der Waals surface area (Å²) < 4.78 is 10.5. The van der Waals surface area contributed by atoms with E-state index in [0.29, 0.717) is 36.5 Å². The van der Waals surface area contributed by atoms with Crippen molar-refractivity contribution in [3.63, 3.8) is 0 Å². The van der Waals surface area contributed by atoms with Crippen molar-refractivity contribution >= 4 is 17.6 Å². The molecule has 0 atom stereocenters. The summed E-state index contributed by atoms with van der Waals surface area (Å²) in [5.41, 5.74) is 0. The predicted molar refractivity (Wildman–Crippen MR) is 82.8 cm³/mol. The maximum absolute atomic E-state index is 11.5. The molecule has 1 aliphatic rings. The minimum Gasteiger partial charge on any atom is -0.491 e. The summed E-state index contributed by atoms with van der Waals surface area (Å²) in [6.45, 7) is 1.54. The molecule has 2 rings (SSSR count). The number of halogens is 1. The van der Waals surface area contributed by atoms with Gasteiger partial charge in [-0.2, -0.15) is 0 Å². The third kappa shape index (κ3) is 4.90. The highest BCUT2D eigenvalue weighted by atomic mass is 35.5. The van der Waals surface area contributed by atoms with Crippen LogP contribution in [-0.4, -0.2) is 43.7 Å². The Bertz CT molecular complexity index is 461. The molecule has 0 bridgehead atoms. The number of hydrogen-bond acceptors (Lipinski definition) is 4. The number of methoxy groups -OCH3 is 1. The van der Waals surface area contributed by atoms with Crippen molar-refractivity contribution in [2.24, 2.45) is 0 Å². The Labute approximate surface area is 131 Å². The van der Waals surface area contributed by atoms with E-state index in [-0.39, 0.29) is 5.97 Å². The van der Waals surface area contributed by atoms with E-state index in [1.165, 1.54) is 20.0 Å². The summed E-state index contributed by atoms with van der Waals surface area (Å²) in [5, 5.41) is 0.609. The zero-order valence-corrected chi connectivity index (χ0v) is 13.1. The second-order valence-electron chi connectivity index (χ2n) is 5.26. The van der Waals surface area contributed by atoms with Crippen LogP contribution in [0.1, 0.15) is 25.7 Å². The molecular formula is C16H22ClNO3. The third-order valence-corrected chi connectivity index (χ3v) is 4.19. The molecule has 5 heteroatoms. The van der Waals surface area contributed by atoms with Crippen LogP contribution in [0.25, 0.3) is 0 Å². The Kier molecular flexibility index (Phi) is 6.33. The van der Waals surface area contributed by atoms with Crippen molar-refractivity contribution in [2.45, 2.75) is 31.7 Å². The van der Waals surface area contributed by atoms with Crippen molar-refractivity contribution in [1.29, 1.82) is 0 Å². The van der Waals surface area contributed by atoms with Crippen LogP contribution in [0.15, 0.2) is 24.3 Å². The van der Waals surface area contributed by atoms with Crippen LogP contribution in [0.5, 0.6) is 5.75 Å². The fourth-order valence-corrected chi connectivity index (χ4v) is 2.92. The molecule has 0 N–H and O–H groups in total. The van der Waals surface area contributed by atoms with Gasteiger partial charge in [0, 0.05) is 12.6 Å². The van der Waals surface area contributed by atoms with Crippen LogP contribution in [0, 0.1) is 0 Å². The van der Waals surface area contributed by atoms with Gasteiger partial charge in [0.2, 0.25) is 0 Å². The van der Waals surface area contributed by atoms with Crippen LogP contribution >= 0.6 is 11.6 Å². The highest BCUT2D eigenvalue weighted by Crippen LogP contribution is 2.25. The number of nitrogens with zero attached hydrogens (tertiary/aromatic N) is 1. The molecule has 0 amide bonds. The molecular weight excluding hydrogens is 290 g/mol. The molecule has 0 aliphatic heterocycles. The average Bonchev–Trinajstić information content (AvgIpc) is 3.02. The second kappa shape index (κ2) is 8.25. The molecule has 1 aliphatic carbocycles. The molecule has 0 aromatic heterocycles. The van der Waals surface area contributed by atoms with Crippen LogP contribution in [0.2, 0.25) is 5.02 Å². The molecule has 0 unspecified atom stereocenters. The Morgan fingerprint density at radius 2 is 2.05 bits per heavy atom. The van der Waals surface area contributed by atoms with E-state index in [9.17, 15) is 4.79 Å². The first-order valence-corrected chi connectivity index (χ1v) is 7.76. The summed E-state index contributed by atoms with van der Waals surface area (Å²) in [6, 6.07) is 7.88. The fraction of sp³-hybridized carbons (Fsp3) is 0.562. The topological polar surface area (TPSA) is 38.8 Å². The van der Waals surface area contributed by atoms with Crippen molar-refractivity contribution in [2.75, 3.05) is 26.8 Å². The van der Waals surface area contributed by atoms with Crippen LogP contribution in [-0.2, 0) is 9.53 Å². The summed E-state index contributed by atoms with van der Waals surface area (Å²) in [5.74, 6) is 0.489. The van der Waals surface area contributed by atoms with Gasteiger partial charge in [0.1, 0.15) is 12.4 Å². The number of para-hydroxylation sites is 1. The van der Waals surface area contributed by atoms with Crippen molar-refractivity contribution in [3.8, 4) is 5.75 Å². The van der Waals surface area contributed by atoms with E-state index in [0.717, 1.165) is 12.8 Å². The molecule has 0 spiro atoms. The molecule has 116 valence electrons. The predicted octanol–water partition coefficient (Wildman–Crippen LogP) is 3.14. The van der Waals surface area contributed by atoms with E-state index in [1.807, 2.05) is 18.2 Å². The average molecular weight is 312 g/mol. The molecule has 0 radical (unpaired) electrons. The van der Waals surface area contributed by atoms with Gasteiger partial charge in [-0.3, -0.25) is 9.69 Å². The first kappa shape index (κ1) is 16.1. The van der Waals surface area contributed by atoms with Gasteiger partial charge in [-0.15, -0.1) is 0 Å². The van der Waals surface area contributed by atoms with Crippen molar-refractivity contribution in [3.05, 3.63) is 29.3 Å². The normalized spacial score (nSPS) is 15.4. The monoisotopic (exact) mass is 311 g/mol. The van der Waals surface area contributed by atoms with Gasteiger partial charge < -0.3 is 9.47 Å². The molecule has 1 fully saturated rings. The molecule has 1 saturated carbocycles. The highest BCUT2D eigenvalue weighted by molar-refractivity contribution is 6.32. The lowest BCUT2D eigenvalue weighted by atomic mass is 10.2. The van der Waals surface area contributed by atoms with Gasteiger partial charge in [-0.1, -0.05) is 36.6 Å². The minimum absolute atomic E-state index is 0.195. The lowest BCUT2D eigenvalue weighted by Gasteiger charge is -2.27. The van der Waals surface area contributed by atoms with Gasteiger partial charge in [0.25, 0.3) is 0 Å². The Balaban J connectivity index is 1.86. The first-order valence-electron chi connectivity index (χ1n) is 7.39. The number of hydrogen-bond donors (Lipinski definition) is 0. The van der Waals surface area contributed by atoms with E-state index in [1.54, 1.807) is 6.07 Å². The number of ether oxygens (including phenoxy) is 2. The maximum Gasteiger partial charge on any atom is 0.319 e. The first-order chi connectivity index (χ1) is 10.2. The second-order valence-corrected chi connectivity index (χ2v) is 5.67.